The van der Waals surface area contributed by atoms with Crippen molar-refractivity contribution in [2.24, 2.45) is 4.99 Å². The second-order valence-corrected chi connectivity index (χ2v) is 6.93. The molecule has 0 spiro atoms. The number of nitrogens with zero attached hydrogens (tertiary/aromatic N) is 3. The van der Waals surface area contributed by atoms with E-state index in [9.17, 15) is 4.79 Å². The van der Waals surface area contributed by atoms with Gasteiger partial charge >= 0.3 is 5.97 Å². The van der Waals surface area contributed by atoms with Crippen LogP contribution in [-0.4, -0.2) is 48.0 Å². The van der Waals surface area contributed by atoms with Gasteiger partial charge in [0.1, 0.15) is 6.10 Å². The number of hydrogen-bond donors (Lipinski definition) is 2. The molecule has 1 aromatic heterocycles. The minimum atomic E-state index is -0.0773. The average Bonchev–Trinajstić information content (AvgIpc) is 3.22. The highest BCUT2D eigenvalue weighted by atomic mass is 127. The highest BCUT2D eigenvalue weighted by Crippen LogP contribution is 2.21. The molecule has 7 nitrogen and oxygen atoms in total. The van der Waals surface area contributed by atoms with E-state index in [4.69, 9.17) is 4.74 Å². The Balaban J connectivity index is 0.00000364. The Morgan fingerprint density at radius 2 is 1.93 bits per heavy atom. The summed E-state index contributed by atoms with van der Waals surface area (Å²) in [5, 5.41) is 11.0. The third kappa shape index (κ3) is 8.94. The quantitative estimate of drug-likeness (QED) is 0.183. The van der Waals surface area contributed by atoms with Crippen LogP contribution in [0.15, 0.2) is 11.1 Å². The Bertz CT molecular complexity index is 597. The number of halogens is 1. The van der Waals surface area contributed by atoms with Gasteiger partial charge in [-0.1, -0.05) is 0 Å². The smallest absolute Gasteiger partial charge is 0.306 e. The molecular weight excluding hydrogens is 457 g/mol. The van der Waals surface area contributed by atoms with Gasteiger partial charge in [-0.2, -0.15) is 5.10 Å². The van der Waals surface area contributed by atoms with E-state index in [2.05, 4.69) is 33.7 Å². The summed E-state index contributed by atoms with van der Waals surface area (Å²) >= 11 is 0. The SMILES string of the molecule is CN=C(NCCCC(=O)OC1CCCC1)NCCCn1nc(C)cc1C.I. The topological polar surface area (TPSA) is 80.5 Å². The molecule has 0 atom stereocenters. The molecule has 0 radical (unpaired) electrons. The van der Waals surface area contributed by atoms with Crippen LogP contribution in [0.4, 0.5) is 0 Å². The Hall–Kier alpha value is -1.32. The van der Waals surface area contributed by atoms with Gasteiger partial charge in [0.2, 0.25) is 0 Å². The lowest BCUT2D eigenvalue weighted by molar-refractivity contribution is -0.148. The van der Waals surface area contributed by atoms with Crippen molar-refractivity contribution in [2.75, 3.05) is 20.1 Å². The number of carbonyl (C=O) groups excluding carboxylic acids is 1. The zero-order valence-corrected chi connectivity index (χ0v) is 19.1. The molecule has 1 heterocycles. The van der Waals surface area contributed by atoms with E-state index in [-0.39, 0.29) is 36.0 Å². The summed E-state index contributed by atoms with van der Waals surface area (Å²) in [6.07, 6.45) is 6.75. The highest BCUT2D eigenvalue weighted by molar-refractivity contribution is 14.0. The Kier molecular flexibility index (Phi) is 11.4. The van der Waals surface area contributed by atoms with E-state index in [1.807, 2.05) is 11.6 Å². The average molecular weight is 491 g/mol. The van der Waals surface area contributed by atoms with Gasteiger partial charge in [-0.05, 0) is 58.4 Å². The van der Waals surface area contributed by atoms with Crippen molar-refractivity contribution in [3.8, 4) is 0 Å². The summed E-state index contributed by atoms with van der Waals surface area (Å²) in [5.41, 5.74) is 2.24. The Labute approximate surface area is 179 Å². The van der Waals surface area contributed by atoms with Gasteiger partial charge in [0, 0.05) is 38.8 Å². The van der Waals surface area contributed by atoms with E-state index in [0.29, 0.717) is 13.0 Å². The van der Waals surface area contributed by atoms with E-state index >= 15 is 0 Å². The van der Waals surface area contributed by atoms with Crippen LogP contribution in [0.5, 0.6) is 0 Å². The lowest BCUT2D eigenvalue weighted by Gasteiger charge is -2.13. The maximum atomic E-state index is 11.8. The minimum Gasteiger partial charge on any atom is -0.462 e. The van der Waals surface area contributed by atoms with Crippen molar-refractivity contribution in [2.45, 2.75) is 71.4 Å². The normalized spacial score (nSPS) is 14.7. The first-order chi connectivity index (χ1) is 12.6. The van der Waals surface area contributed by atoms with Gasteiger partial charge in [-0.3, -0.25) is 14.5 Å². The summed E-state index contributed by atoms with van der Waals surface area (Å²) < 4.78 is 7.49. The predicted octanol–water partition coefficient (Wildman–Crippen LogP) is 2.94. The number of aromatic nitrogens is 2. The van der Waals surface area contributed by atoms with Crippen LogP contribution in [0.2, 0.25) is 0 Å². The molecule has 1 aliphatic rings. The fourth-order valence-corrected chi connectivity index (χ4v) is 3.25. The number of rotatable bonds is 9. The van der Waals surface area contributed by atoms with Crippen LogP contribution in [0, 0.1) is 13.8 Å². The number of aryl methyl sites for hydroxylation is 3. The van der Waals surface area contributed by atoms with Gasteiger partial charge in [0.25, 0.3) is 0 Å². The third-order valence-corrected chi connectivity index (χ3v) is 4.62. The first kappa shape index (κ1) is 23.7. The highest BCUT2D eigenvalue weighted by Gasteiger charge is 2.18. The van der Waals surface area contributed by atoms with Crippen molar-refractivity contribution >= 4 is 35.9 Å². The van der Waals surface area contributed by atoms with E-state index in [1.165, 1.54) is 18.5 Å². The molecule has 0 unspecified atom stereocenters. The van der Waals surface area contributed by atoms with Crippen LogP contribution in [-0.2, 0) is 16.1 Å². The number of carbonyl (C=O) groups is 1. The molecular formula is C19H34IN5O2. The number of ether oxygens (including phenoxy) is 1. The lowest BCUT2D eigenvalue weighted by atomic mass is 10.3. The van der Waals surface area contributed by atoms with E-state index in [0.717, 1.165) is 50.4 Å². The lowest BCUT2D eigenvalue weighted by Crippen LogP contribution is -2.38. The van der Waals surface area contributed by atoms with Gasteiger partial charge in [-0.25, -0.2) is 0 Å². The summed E-state index contributed by atoms with van der Waals surface area (Å²) in [7, 11) is 1.75. The van der Waals surface area contributed by atoms with Crippen molar-refractivity contribution in [1.29, 1.82) is 0 Å². The standard InChI is InChI=1S/C19H33N5O2.HI/c1-15-14-16(2)24(23-15)13-7-12-22-19(20-3)21-11-6-10-18(25)26-17-8-4-5-9-17;/h14,17H,4-13H2,1-3H3,(H2,20,21,22);1H. The molecule has 27 heavy (non-hydrogen) atoms. The molecule has 2 rings (SSSR count). The molecule has 1 saturated carbocycles. The predicted molar refractivity (Wildman–Crippen MR) is 119 cm³/mol. The monoisotopic (exact) mass is 491 g/mol. The van der Waals surface area contributed by atoms with Crippen LogP contribution in [0.25, 0.3) is 0 Å². The number of hydrogen-bond acceptors (Lipinski definition) is 4. The minimum absolute atomic E-state index is 0. The zero-order valence-electron chi connectivity index (χ0n) is 16.8. The van der Waals surface area contributed by atoms with Crippen LogP contribution < -0.4 is 10.6 Å². The van der Waals surface area contributed by atoms with E-state index < -0.39 is 0 Å². The van der Waals surface area contributed by atoms with Crippen molar-refractivity contribution < 1.29 is 9.53 Å². The van der Waals surface area contributed by atoms with Crippen molar-refractivity contribution in [3.05, 3.63) is 17.5 Å². The number of guanidine groups is 1. The van der Waals surface area contributed by atoms with Gasteiger partial charge in [-0.15, -0.1) is 24.0 Å². The van der Waals surface area contributed by atoms with Crippen LogP contribution in [0.1, 0.15) is 56.3 Å². The summed E-state index contributed by atoms with van der Waals surface area (Å²) in [4.78, 5) is 16.0. The molecule has 0 aliphatic heterocycles. The summed E-state index contributed by atoms with van der Waals surface area (Å²) in [5.74, 6) is 0.689. The van der Waals surface area contributed by atoms with E-state index in [1.54, 1.807) is 7.05 Å². The largest absolute Gasteiger partial charge is 0.462 e. The zero-order chi connectivity index (χ0) is 18.8. The molecule has 0 saturated heterocycles. The molecule has 0 bridgehead atoms. The Morgan fingerprint density at radius 1 is 1.26 bits per heavy atom. The maximum Gasteiger partial charge on any atom is 0.306 e. The molecule has 154 valence electrons. The second-order valence-electron chi connectivity index (χ2n) is 6.93. The Morgan fingerprint density at radius 3 is 2.52 bits per heavy atom. The van der Waals surface area contributed by atoms with Crippen LogP contribution >= 0.6 is 24.0 Å². The number of esters is 1. The van der Waals surface area contributed by atoms with Crippen molar-refractivity contribution in [3.63, 3.8) is 0 Å². The first-order valence-electron chi connectivity index (χ1n) is 9.73. The second kappa shape index (κ2) is 13.0. The molecule has 0 amide bonds. The summed E-state index contributed by atoms with van der Waals surface area (Å²) in [6, 6.07) is 2.09. The molecule has 0 aromatic carbocycles. The molecule has 1 aliphatic carbocycles. The first-order valence-corrected chi connectivity index (χ1v) is 9.73. The van der Waals surface area contributed by atoms with Gasteiger partial charge in [0.05, 0.1) is 5.69 Å². The van der Waals surface area contributed by atoms with Crippen LogP contribution in [0.3, 0.4) is 0 Å². The molecule has 1 aromatic rings. The van der Waals surface area contributed by atoms with Gasteiger partial charge < -0.3 is 15.4 Å². The molecule has 2 N–H and O–H groups in total. The number of aliphatic imine (C=N–C) groups is 1. The maximum absolute atomic E-state index is 11.8. The third-order valence-electron chi connectivity index (χ3n) is 4.62. The fourth-order valence-electron chi connectivity index (χ4n) is 3.25. The molecule has 8 heteroatoms. The summed E-state index contributed by atoms with van der Waals surface area (Å²) in [6.45, 7) is 6.50. The fraction of sp³-hybridized carbons (Fsp3) is 0.737. The van der Waals surface area contributed by atoms with Gasteiger partial charge in [0.15, 0.2) is 5.96 Å². The molecule has 1 fully saturated rings. The van der Waals surface area contributed by atoms with Crippen molar-refractivity contribution in [1.82, 2.24) is 20.4 Å². The number of nitrogens with one attached hydrogen (secondary N) is 2.